The van der Waals surface area contributed by atoms with E-state index in [2.05, 4.69) is 10.3 Å². The van der Waals surface area contributed by atoms with Gasteiger partial charge in [0.15, 0.2) is 5.78 Å². The number of Topliss-reactive ketones (excluding diaryl/α,β-unsaturated/α-hetero) is 1. The topological polar surface area (TPSA) is 103 Å². The Morgan fingerprint density at radius 3 is 2.22 bits per heavy atom. The second-order valence-corrected chi connectivity index (χ2v) is 7.35. The molecule has 0 radical (unpaired) electrons. The van der Waals surface area contributed by atoms with Crippen LogP contribution >= 0.6 is 0 Å². The van der Waals surface area contributed by atoms with Crippen LogP contribution in [0.3, 0.4) is 0 Å². The number of methoxy groups -OCH3 is 1. The molecule has 0 aliphatic rings. The van der Waals surface area contributed by atoms with E-state index in [1.807, 2.05) is 31.2 Å². The number of carbonyl (C=O) groups is 2. The van der Waals surface area contributed by atoms with E-state index in [-0.39, 0.29) is 23.4 Å². The van der Waals surface area contributed by atoms with E-state index >= 15 is 0 Å². The number of benzene rings is 3. The number of aliphatic carboxylic acids is 1. The third-order valence-corrected chi connectivity index (χ3v) is 5.19. The zero-order valence-corrected chi connectivity index (χ0v) is 17.5. The minimum atomic E-state index is -1.20. The summed E-state index contributed by atoms with van der Waals surface area (Å²) in [6, 6.07) is 19.0. The van der Waals surface area contributed by atoms with Crippen molar-refractivity contribution in [3.8, 4) is 5.75 Å². The quantitative estimate of drug-likeness (QED) is 0.341. The number of carbonyl (C=O) groups excluding carboxylic acids is 1. The first kappa shape index (κ1) is 21.0. The molecule has 7 nitrogen and oxygen atoms in total. The molecule has 0 amide bonds. The summed E-state index contributed by atoms with van der Waals surface area (Å²) in [5.74, 6) is -0.971. The van der Waals surface area contributed by atoms with Crippen LogP contribution in [-0.4, -0.2) is 34.3 Å². The summed E-state index contributed by atoms with van der Waals surface area (Å²) in [6.45, 7) is 1.97. The average molecular weight is 428 g/mol. The fourth-order valence-corrected chi connectivity index (χ4v) is 3.47. The molecular formula is C25H20N2O5. The van der Waals surface area contributed by atoms with E-state index in [4.69, 9.17) is 9.37 Å². The van der Waals surface area contributed by atoms with Crippen LogP contribution in [0.2, 0.25) is 0 Å². The van der Waals surface area contributed by atoms with E-state index in [1.54, 1.807) is 42.5 Å². The first-order valence-corrected chi connectivity index (χ1v) is 9.89. The smallest absolute Gasteiger partial charge is 0.336 e. The van der Waals surface area contributed by atoms with Crippen molar-refractivity contribution in [2.24, 2.45) is 0 Å². The lowest BCUT2D eigenvalue weighted by molar-refractivity contribution is -0.130. The zero-order chi connectivity index (χ0) is 22.7. The second kappa shape index (κ2) is 8.85. The molecule has 160 valence electrons. The summed E-state index contributed by atoms with van der Waals surface area (Å²) in [6.07, 6.45) is 0.155. The van der Waals surface area contributed by atoms with Crippen molar-refractivity contribution in [2.45, 2.75) is 13.3 Å². The molecule has 0 saturated heterocycles. The van der Waals surface area contributed by atoms with Gasteiger partial charge < -0.3 is 9.84 Å². The normalized spacial score (nSPS) is 11.8. The number of hydrogen-bond acceptors (Lipinski definition) is 6. The Labute approximate surface area is 183 Å². The summed E-state index contributed by atoms with van der Waals surface area (Å²) in [5, 5.41) is 17.7. The molecule has 0 bridgehead atoms. The van der Waals surface area contributed by atoms with E-state index < -0.39 is 5.97 Å². The minimum Gasteiger partial charge on any atom is -0.497 e. The lowest BCUT2D eigenvalue weighted by Gasteiger charge is -2.13. The predicted molar refractivity (Wildman–Crippen MR) is 119 cm³/mol. The van der Waals surface area contributed by atoms with Gasteiger partial charge in [0.2, 0.25) is 0 Å². The Hall–Kier alpha value is -4.26. The molecule has 32 heavy (non-hydrogen) atoms. The zero-order valence-electron chi connectivity index (χ0n) is 17.5. The fraction of sp³-hybridized carbons (Fsp3) is 0.120. The van der Waals surface area contributed by atoms with Crippen LogP contribution in [0.1, 0.15) is 27.0 Å². The van der Waals surface area contributed by atoms with Gasteiger partial charge in [-0.05, 0) is 64.8 Å². The largest absolute Gasteiger partial charge is 0.497 e. The highest BCUT2D eigenvalue weighted by atomic mass is 16.6. The molecule has 4 aromatic rings. The number of hydrogen-bond donors (Lipinski definition) is 1. The van der Waals surface area contributed by atoms with Crippen molar-refractivity contribution in [3.05, 3.63) is 94.6 Å². The third kappa shape index (κ3) is 4.27. The average Bonchev–Trinajstić information content (AvgIpc) is 3.27. The van der Waals surface area contributed by atoms with Gasteiger partial charge in [-0.3, -0.25) is 4.79 Å². The van der Waals surface area contributed by atoms with E-state index in [1.165, 1.54) is 7.11 Å². The summed E-state index contributed by atoms with van der Waals surface area (Å²) < 4.78 is 9.89. The molecule has 1 heterocycles. The van der Waals surface area contributed by atoms with Gasteiger partial charge in [0.25, 0.3) is 0 Å². The summed E-state index contributed by atoms with van der Waals surface area (Å²) in [5.41, 5.74) is 3.62. The number of ketones is 1. The van der Waals surface area contributed by atoms with Gasteiger partial charge in [-0.25, -0.2) is 9.42 Å². The molecule has 1 N–H and O–H groups in total. The molecule has 3 aromatic carbocycles. The molecule has 0 atom stereocenters. The molecule has 0 aliphatic heterocycles. The maximum atomic E-state index is 13.5. The lowest BCUT2D eigenvalue weighted by Crippen LogP contribution is -2.14. The Bertz CT molecular complexity index is 1320. The van der Waals surface area contributed by atoms with Crippen LogP contribution in [0.4, 0.5) is 0 Å². The van der Waals surface area contributed by atoms with Gasteiger partial charge >= 0.3 is 5.97 Å². The Balaban J connectivity index is 1.88. The van der Waals surface area contributed by atoms with Gasteiger partial charge in [0.1, 0.15) is 16.8 Å². The summed E-state index contributed by atoms with van der Waals surface area (Å²) in [7, 11) is 1.54. The standard InChI is InChI=1S/C25H20N2O5/c1-15-3-5-16(6-4-15)13-20(24(28)17-7-10-19(31-2)11-8-17)23(25(29)30)18-9-12-21-22(14-18)27-32-26-21/h3-12,14H,13H2,1-2H3,(H,29,30). The van der Waals surface area contributed by atoms with Gasteiger partial charge in [-0.1, -0.05) is 35.9 Å². The summed E-state index contributed by atoms with van der Waals surface area (Å²) in [4.78, 5) is 25.9. The molecule has 0 fully saturated rings. The molecule has 4 rings (SSSR count). The van der Waals surface area contributed by atoms with E-state index in [0.717, 1.165) is 11.1 Å². The van der Waals surface area contributed by atoms with Gasteiger partial charge in [-0.15, -0.1) is 0 Å². The van der Waals surface area contributed by atoms with Gasteiger partial charge in [0.05, 0.1) is 12.7 Å². The van der Waals surface area contributed by atoms with Crippen molar-refractivity contribution in [3.63, 3.8) is 0 Å². The number of aryl methyl sites for hydroxylation is 1. The maximum Gasteiger partial charge on any atom is 0.336 e. The first-order valence-electron chi connectivity index (χ1n) is 9.89. The van der Waals surface area contributed by atoms with Crippen LogP contribution in [0.5, 0.6) is 5.75 Å². The maximum absolute atomic E-state index is 13.5. The molecule has 0 unspecified atom stereocenters. The SMILES string of the molecule is COc1ccc(C(=O)C(Cc2ccc(C)cc2)=C(C(=O)O)c2ccc3nonc3c2)cc1. The number of allylic oxidation sites excluding steroid dienone is 1. The van der Waals surface area contributed by atoms with E-state index in [0.29, 0.717) is 27.9 Å². The van der Waals surface area contributed by atoms with Crippen LogP contribution < -0.4 is 4.74 Å². The third-order valence-electron chi connectivity index (χ3n) is 5.19. The van der Waals surface area contributed by atoms with Crippen LogP contribution in [0.15, 0.2) is 76.9 Å². The van der Waals surface area contributed by atoms with Crippen molar-refractivity contribution in [1.29, 1.82) is 0 Å². The van der Waals surface area contributed by atoms with Crippen molar-refractivity contribution >= 4 is 28.4 Å². The van der Waals surface area contributed by atoms with Crippen molar-refractivity contribution in [1.82, 2.24) is 10.3 Å². The molecule has 7 heteroatoms. The summed E-state index contributed by atoms with van der Waals surface area (Å²) >= 11 is 0. The predicted octanol–water partition coefficient (Wildman–Crippen LogP) is 4.50. The van der Waals surface area contributed by atoms with Crippen LogP contribution in [-0.2, 0) is 11.2 Å². The molecule has 0 spiro atoms. The molecule has 0 aliphatic carbocycles. The Morgan fingerprint density at radius 1 is 0.906 bits per heavy atom. The van der Waals surface area contributed by atoms with Crippen LogP contribution in [0, 0.1) is 6.92 Å². The van der Waals surface area contributed by atoms with Crippen molar-refractivity contribution in [2.75, 3.05) is 7.11 Å². The van der Waals surface area contributed by atoms with Crippen molar-refractivity contribution < 1.29 is 24.1 Å². The number of rotatable bonds is 7. The molecule has 0 saturated carbocycles. The number of carboxylic acids is 1. The number of ether oxygens (including phenoxy) is 1. The van der Waals surface area contributed by atoms with Crippen LogP contribution in [0.25, 0.3) is 16.6 Å². The Morgan fingerprint density at radius 2 is 1.56 bits per heavy atom. The first-order chi connectivity index (χ1) is 15.5. The van der Waals surface area contributed by atoms with Gasteiger partial charge in [0, 0.05) is 17.6 Å². The number of aromatic nitrogens is 2. The lowest BCUT2D eigenvalue weighted by atomic mass is 9.89. The number of fused-ring (bicyclic) bond motifs is 1. The Kier molecular flexibility index (Phi) is 5.81. The monoisotopic (exact) mass is 428 g/mol. The molecular weight excluding hydrogens is 408 g/mol. The van der Waals surface area contributed by atoms with E-state index in [9.17, 15) is 14.7 Å². The second-order valence-electron chi connectivity index (χ2n) is 7.35. The minimum absolute atomic E-state index is 0.0868. The number of nitrogens with zero attached hydrogens (tertiary/aromatic N) is 2. The highest BCUT2D eigenvalue weighted by molar-refractivity contribution is 6.26. The fourth-order valence-electron chi connectivity index (χ4n) is 3.47. The highest BCUT2D eigenvalue weighted by Crippen LogP contribution is 2.28. The molecule has 1 aromatic heterocycles. The highest BCUT2D eigenvalue weighted by Gasteiger charge is 2.24. The number of carboxylic acid groups (broad SMARTS) is 1. The van der Waals surface area contributed by atoms with Gasteiger partial charge in [-0.2, -0.15) is 0 Å².